The highest BCUT2D eigenvalue weighted by atomic mass is 32.1. The van der Waals surface area contributed by atoms with E-state index in [-0.39, 0.29) is 23.5 Å². The van der Waals surface area contributed by atoms with Crippen molar-refractivity contribution in [1.29, 1.82) is 0 Å². The summed E-state index contributed by atoms with van der Waals surface area (Å²) in [6, 6.07) is 8.06. The molecule has 0 saturated carbocycles. The van der Waals surface area contributed by atoms with Crippen LogP contribution in [0.1, 0.15) is 32.1 Å². The summed E-state index contributed by atoms with van der Waals surface area (Å²) in [4.78, 5) is 28.1. The molecule has 0 radical (unpaired) electrons. The first-order valence-corrected chi connectivity index (χ1v) is 9.11. The molecule has 1 aromatic heterocycles. The van der Waals surface area contributed by atoms with Crippen LogP contribution in [0.3, 0.4) is 0 Å². The Balaban J connectivity index is 1.61. The molecule has 1 heterocycles. The molecule has 25 heavy (non-hydrogen) atoms. The molecule has 2 amide bonds. The third-order valence-electron chi connectivity index (χ3n) is 4.45. The van der Waals surface area contributed by atoms with E-state index in [1.165, 1.54) is 28.3 Å². The molecule has 132 valence electrons. The summed E-state index contributed by atoms with van der Waals surface area (Å²) in [5, 5.41) is 2.93. The highest BCUT2D eigenvalue weighted by Gasteiger charge is 2.27. The second kappa shape index (κ2) is 7.35. The van der Waals surface area contributed by atoms with Crippen molar-refractivity contribution in [2.24, 2.45) is 5.92 Å². The standard InChI is InChI=1S/C19H21FN2O2S/c1-22(2)19(24)17-10-14-9-13(5-8-16(14)25-17)18(23)21-11-12-3-6-15(20)7-4-12/h3-4,6-7,10,13H,5,8-9,11H2,1-2H3,(H,21,23)/t13-/m1/s1. The zero-order valence-electron chi connectivity index (χ0n) is 14.3. The zero-order valence-corrected chi connectivity index (χ0v) is 15.2. The van der Waals surface area contributed by atoms with E-state index in [2.05, 4.69) is 5.32 Å². The van der Waals surface area contributed by atoms with Crippen LogP contribution in [-0.2, 0) is 24.2 Å². The lowest BCUT2D eigenvalue weighted by molar-refractivity contribution is -0.125. The van der Waals surface area contributed by atoms with Gasteiger partial charge in [0.25, 0.3) is 5.91 Å². The minimum absolute atomic E-state index is 0.0108. The number of nitrogens with zero attached hydrogens (tertiary/aromatic N) is 1. The first-order chi connectivity index (χ1) is 11.9. The van der Waals surface area contributed by atoms with E-state index >= 15 is 0 Å². The van der Waals surface area contributed by atoms with Gasteiger partial charge in [0.05, 0.1) is 4.88 Å². The molecule has 0 bridgehead atoms. The number of rotatable bonds is 4. The van der Waals surface area contributed by atoms with Crippen LogP contribution in [0.5, 0.6) is 0 Å². The maximum atomic E-state index is 12.9. The third kappa shape index (κ3) is 4.07. The van der Waals surface area contributed by atoms with Gasteiger partial charge in [0.1, 0.15) is 5.82 Å². The van der Waals surface area contributed by atoms with Gasteiger partial charge in [-0.1, -0.05) is 12.1 Å². The molecule has 0 spiro atoms. The van der Waals surface area contributed by atoms with Gasteiger partial charge in [-0.25, -0.2) is 4.39 Å². The molecule has 0 aliphatic heterocycles. The van der Waals surface area contributed by atoms with Crippen molar-refractivity contribution < 1.29 is 14.0 Å². The van der Waals surface area contributed by atoms with Gasteiger partial charge in [-0.2, -0.15) is 0 Å². The number of fused-ring (bicyclic) bond motifs is 1. The van der Waals surface area contributed by atoms with E-state index < -0.39 is 0 Å². The first kappa shape index (κ1) is 17.6. The molecule has 0 saturated heterocycles. The van der Waals surface area contributed by atoms with Crippen molar-refractivity contribution in [2.45, 2.75) is 25.8 Å². The normalized spacial score (nSPS) is 16.2. The fraction of sp³-hybridized carbons (Fsp3) is 0.368. The average molecular weight is 360 g/mol. The summed E-state index contributed by atoms with van der Waals surface area (Å²) in [5.41, 5.74) is 1.99. The fourth-order valence-electron chi connectivity index (χ4n) is 3.01. The van der Waals surface area contributed by atoms with Crippen LogP contribution in [0.2, 0.25) is 0 Å². The Bertz CT molecular complexity index is 783. The zero-order chi connectivity index (χ0) is 18.0. The van der Waals surface area contributed by atoms with Gasteiger partial charge < -0.3 is 10.2 Å². The van der Waals surface area contributed by atoms with E-state index in [1.54, 1.807) is 31.1 Å². The summed E-state index contributed by atoms with van der Waals surface area (Å²) in [7, 11) is 3.49. The predicted molar refractivity (Wildman–Crippen MR) is 96.1 cm³/mol. The average Bonchev–Trinajstić information content (AvgIpc) is 3.03. The Hall–Kier alpha value is -2.21. The number of amides is 2. The molecule has 1 N–H and O–H groups in total. The molecule has 0 unspecified atom stereocenters. The van der Waals surface area contributed by atoms with E-state index in [0.717, 1.165) is 28.8 Å². The number of aryl methyl sites for hydroxylation is 1. The van der Waals surface area contributed by atoms with Crippen molar-refractivity contribution in [3.05, 3.63) is 57.0 Å². The summed E-state index contributed by atoms with van der Waals surface area (Å²) < 4.78 is 12.9. The largest absolute Gasteiger partial charge is 0.352 e. The molecule has 1 aliphatic carbocycles. The van der Waals surface area contributed by atoms with Crippen molar-refractivity contribution in [3.8, 4) is 0 Å². The quantitative estimate of drug-likeness (QED) is 0.911. The highest BCUT2D eigenvalue weighted by Crippen LogP contribution is 2.33. The number of nitrogens with one attached hydrogen (secondary N) is 1. The molecule has 0 fully saturated rings. The van der Waals surface area contributed by atoms with Crippen LogP contribution in [0.15, 0.2) is 30.3 Å². The number of halogens is 1. The van der Waals surface area contributed by atoms with E-state index in [0.29, 0.717) is 13.0 Å². The molecule has 1 atom stereocenters. The van der Waals surface area contributed by atoms with Gasteiger partial charge in [0.2, 0.25) is 5.91 Å². The van der Waals surface area contributed by atoms with Gasteiger partial charge in [0.15, 0.2) is 0 Å². The highest BCUT2D eigenvalue weighted by molar-refractivity contribution is 7.14. The van der Waals surface area contributed by atoms with E-state index in [9.17, 15) is 14.0 Å². The fourth-order valence-corrected chi connectivity index (χ4v) is 4.24. The number of hydrogen-bond acceptors (Lipinski definition) is 3. The summed E-state index contributed by atoms with van der Waals surface area (Å²) in [6.07, 6.45) is 2.29. The summed E-state index contributed by atoms with van der Waals surface area (Å²) in [5.74, 6) is -0.335. The maximum absolute atomic E-state index is 12.9. The smallest absolute Gasteiger partial charge is 0.263 e. The summed E-state index contributed by atoms with van der Waals surface area (Å²) in [6.45, 7) is 0.399. The van der Waals surface area contributed by atoms with Gasteiger partial charge in [-0.05, 0) is 48.6 Å². The monoisotopic (exact) mass is 360 g/mol. The second-order valence-electron chi connectivity index (χ2n) is 6.54. The third-order valence-corrected chi connectivity index (χ3v) is 5.68. The van der Waals surface area contributed by atoms with Crippen LogP contribution < -0.4 is 5.32 Å². The Morgan fingerprint density at radius 2 is 2.00 bits per heavy atom. The van der Waals surface area contributed by atoms with Crippen LogP contribution in [-0.4, -0.2) is 30.8 Å². The lowest BCUT2D eigenvalue weighted by Crippen LogP contribution is -2.33. The van der Waals surface area contributed by atoms with Gasteiger partial charge in [0, 0.05) is 31.4 Å². The second-order valence-corrected chi connectivity index (χ2v) is 7.68. The van der Waals surface area contributed by atoms with Gasteiger partial charge >= 0.3 is 0 Å². The molecular weight excluding hydrogens is 339 g/mol. The molecular formula is C19H21FN2O2S. The molecule has 4 nitrogen and oxygen atoms in total. The number of hydrogen-bond donors (Lipinski definition) is 1. The lowest BCUT2D eigenvalue weighted by Gasteiger charge is -2.21. The minimum Gasteiger partial charge on any atom is -0.352 e. The Kier molecular flexibility index (Phi) is 5.18. The molecule has 1 aliphatic rings. The maximum Gasteiger partial charge on any atom is 0.263 e. The van der Waals surface area contributed by atoms with Crippen LogP contribution in [0.25, 0.3) is 0 Å². The van der Waals surface area contributed by atoms with Crippen molar-refractivity contribution in [1.82, 2.24) is 10.2 Å². The van der Waals surface area contributed by atoms with E-state index in [1.807, 2.05) is 6.07 Å². The Labute approximate surface area is 150 Å². The van der Waals surface area contributed by atoms with Gasteiger partial charge in [-0.15, -0.1) is 11.3 Å². The SMILES string of the molecule is CN(C)C(=O)c1cc2c(s1)CC[C@@H](C(=O)NCc1ccc(F)cc1)C2. The number of carbonyl (C=O) groups excluding carboxylic acids is 2. The number of carbonyl (C=O) groups is 2. The Morgan fingerprint density at radius 1 is 1.28 bits per heavy atom. The van der Waals surface area contributed by atoms with E-state index in [4.69, 9.17) is 0 Å². The molecule has 6 heteroatoms. The lowest BCUT2D eigenvalue weighted by atomic mass is 9.87. The molecule has 2 aromatic rings. The minimum atomic E-state index is -0.282. The summed E-state index contributed by atoms with van der Waals surface area (Å²) >= 11 is 1.54. The van der Waals surface area contributed by atoms with Crippen molar-refractivity contribution >= 4 is 23.2 Å². The van der Waals surface area contributed by atoms with Gasteiger partial charge in [-0.3, -0.25) is 9.59 Å². The van der Waals surface area contributed by atoms with Crippen LogP contribution in [0, 0.1) is 11.7 Å². The van der Waals surface area contributed by atoms with Crippen LogP contribution >= 0.6 is 11.3 Å². The number of benzene rings is 1. The van der Waals surface area contributed by atoms with Crippen molar-refractivity contribution in [2.75, 3.05) is 14.1 Å². The Morgan fingerprint density at radius 3 is 2.68 bits per heavy atom. The molecule has 1 aromatic carbocycles. The molecule has 3 rings (SSSR count). The van der Waals surface area contributed by atoms with Crippen molar-refractivity contribution in [3.63, 3.8) is 0 Å². The first-order valence-electron chi connectivity index (χ1n) is 8.29. The topological polar surface area (TPSA) is 49.4 Å². The number of thiophene rings is 1. The van der Waals surface area contributed by atoms with Crippen LogP contribution in [0.4, 0.5) is 4.39 Å². The predicted octanol–water partition coefficient (Wildman–Crippen LogP) is 3.01.